The molecule has 0 aliphatic carbocycles. The van der Waals surface area contributed by atoms with Gasteiger partial charge in [-0.25, -0.2) is 4.79 Å². The highest BCUT2D eigenvalue weighted by atomic mass is 32.2. The van der Waals surface area contributed by atoms with E-state index in [1.807, 2.05) is 5.32 Å². The molecule has 1 amide bonds. The van der Waals surface area contributed by atoms with Crippen LogP contribution in [-0.4, -0.2) is 41.7 Å². The SMILES string of the molecule is O=C(NC(CS(=O)(=O)O)C(=O)O)c1ccccc1. The largest absolute Gasteiger partial charge is 0.480 e. The standard InChI is InChI=1S/C10H11NO6S/c12-9(7-4-2-1-3-5-7)11-8(10(13)14)6-18(15,16)17/h1-5,8H,6H2,(H,11,12)(H,13,14)(H,15,16,17). The second-order valence-corrected chi connectivity index (χ2v) is 4.98. The van der Waals surface area contributed by atoms with Crippen LogP contribution in [0.1, 0.15) is 10.4 Å². The van der Waals surface area contributed by atoms with Crippen LogP contribution in [-0.2, 0) is 14.9 Å². The van der Waals surface area contributed by atoms with Crippen LogP contribution in [0.2, 0.25) is 0 Å². The molecule has 0 spiro atoms. The van der Waals surface area contributed by atoms with Crippen LogP contribution in [0, 0.1) is 0 Å². The summed E-state index contributed by atoms with van der Waals surface area (Å²) in [5, 5.41) is 10.8. The number of amides is 1. The molecular formula is C10H11NO6S. The third-order valence-corrected chi connectivity index (χ3v) is 2.77. The Hall–Kier alpha value is -1.93. The van der Waals surface area contributed by atoms with E-state index in [4.69, 9.17) is 9.66 Å². The van der Waals surface area contributed by atoms with Gasteiger partial charge >= 0.3 is 5.97 Å². The number of rotatable bonds is 5. The van der Waals surface area contributed by atoms with Gasteiger partial charge < -0.3 is 10.4 Å². The van der Waals surface area contributed by atoms with E-state index >= 15 is 0 Å². The first-order valence-electron chi connectivity index (χ1n) is 4.83. The Kier molecular flexibility index (Phi) is 4.40. The molecule has 1 atom stereocenters. The van der Waals surface area contributed by atoms with Gasteiger partial charge in [-0.3, -0.25) is 9.35 Å². The van der Waals surface area contributed by atoms with Crippen LogP contribution in [0.4, 0.5) is 0 Å². The lowest BCUT2D eigenvalue weighted by molar-refractivity contribution is -0.138. The monoisotopic (exact) mass is 273 g/mol. The summed E-state index contributed by atoms with van der Waals surface area (Å²) in [4.78, 5) is 22.3. The lowest BCUT2D eigenvalue weighted by Crippen LogP contribution is -2.45. The topological polar surface area (TPSA) is 121 Å². The predicted octanol–water partition coefficient (Wildman–Crippen LogP) is -0.243. The molecule has 1 unspecified atom stereocenters. The predicted molar refractivity (Wildman–Crippen MR) is 61.7 cm³/mol. The van der Waals surface area contributed by atoms with Crippen LogP contribution in [0.5, 0.6) is 0 Å². The second-order valence-electron chi connectivity index (χ2n) is 3.48. The lowest BCUT2D eigenvalue weighted by Gasteiger charge is -2.12. The normalized spacial score (nSPS) is 12.7. The van der Waals surface area contributed by atoms with Crippen molar-refractivity contribution in [3.05, 3.63) is 35.9 Å². The van der Waals surface area contributed by atoms with Gasteiger partial charge in [-0.2, -0.15) is 8.42 Å². The minimum atomic E-state index is -4.49. The summed E-state index contributed by atoms with van der Waals surface area (Å²) in [7, 11) is -4.49. The molecule has 1 aromatic carbocycles. The van der Waals surface area contributed by atoms with Gasteiger partial charge in [0.2, 0.25) is 0 Å². The van der Waals surface area contributed by atoms with Crippen LogP contribution < -0.4 is 5.32 Å². The fourth-order valence-corrected chi connectivity index (χ4v) is 1.86. The third-order valence-electron chi connectivity index (χ3n) is 2.02. The van der Waals surface area contributed by atoms with E-state index in [0.717, 1.165) is 0 Å². The summed E-state index contributed by atoms with van der Waals surface area (Å²) in [5.74, 6) is -3.36. The van der Waals surface area contributed by atoms with E-state index in [9.17, 15) is 18.0 Å². The van der Waals surface area contributed by atoms with Gasteiger partial charge in [0.25, 0.3) is 16.0 Å². The third kappa shape index (κ3) is 4.52. The average Bonchev–Trinajstić information content (AvgIpc) is 2.27. The molecule has 0 bridgehead atoms. The minimum Gasteiger partial charge on any atom is -0.480 e. The van der Waals surface area contributed by atoms with Crippen LogP contribution in [0.3, 0.4) is 0 Å². The molecule has 1 rings (SSSR count). The van der Waals surface area contributed by atoms with Gasteiger partial charge in [-0.15, -0.1) is 0 Å². The van der Waals surface area contributed by atoms with Crippen molar-refractivity contribution in [3.8, 4) is 0 Å². The lowest BCUT2D eigenvalue weighted by atomic mass is 10.2. The molecule has 0 radical (unpaired) electrons. The Bertz CT molecular complexity index is 539. The number of aliphatic carboxylic acids is 1. The Labute approximate surface area is 103 Å². The number of hydrogen-bond donors (Lipinski definition) is 3. The first-order chi connectivity index (χ1) is 8.29. The van der Waals surface area contributed by atoms with Crippen molar-refractivity contribution in [2.45, 2.75) is 6.04 Å². The van der Waals surface area contributed by atoms with Crippen molar-refractivity contribution in [2.75, 3.05) is 5.75 Å². The number of carboxylic acid groups (broad SMARTS) is 1. The maximum Gasteiger partial charge on any atom is 0.327 e. The average molecular weight is 273 g/mol. The Morgan fingerprint density at radius 3 is 2.22 bits per heavy atom. The molecule has 8 heteroatoms. The Morgan fingerprint density at radius 1 is 1.22 bits per heavy atom. The second kappa shape index (κ2) is 5.61. The van der Waals surface area contributed by atoms with Crippen LogP contribution >= 0.6 is 0 Å². The molecule has 18 heavy (non-hydrogen) atoms. The molecule has 98 valence electrons. The quantitative estimate of drug-likeness (QED) is 0.636. The minimum absolute atomic E-state index is 0.194. The van der Waals surface area contributed by atoms with Crippen molar-refractivity contribution in [3.63, 3.8) is 0 Å². The number of carbonyl (C=O) groups is 2. The van der Waals surface area contributed by atoms with Gasteiger partial charge in [0.1, 0.15) is 11.8 Å². The molecule has 0 saturated carbocycles. The van der Waals surface area contributed by atoms with E-state index in [-0.39, 0.29) is 5.56 Å². The first kappa shape index (κ1) is 14.1. The molecule has 7 nitrogen and oxygen atoms in total. The molecule has 1 aromatic rings. The molecule has 0 fully saturated rings. The summed E-state index contributed by atoms with van der Waals surface area (Å²) >= 11 is 0. The summed E-state index contributed by atoms with van der Waals surface area (Å²) in [6, 6.07) is 6.02. The first-order valence-corrected chi connectivity index (χ1v) is 6.44. The maximum atomic E-state index is 11.6. The fraction of sp³-hybridized carbons (Fsp3) is 0.200. The van der Waals surface area contributed by atoms with Crippen molar-refractivity contribution in [1.82, 2.24) is 5.32 Å². The summed E-state index contributed by atoms with van der Waals surface area (Å²) < 4.78 is 29.8. The highest BCUT2D eigenvalue weighted by Crippen LogP contribution is 2.00. The Balaban J connectivity index is 2.80. The highest BCUT2D eigenvalue weighted by molar-refractivity contribution is 7.85. The van der Waals surface area contributed by atoms with E-state index in [2.05, 4.69) is 0 Å². The molecule has 0 aliphatic rings. The van der Waals surface area contributed by atoms with Crippen molar-refractivity contribution in [2.24, 2.45) is 0 Å². The van der Waals surface area contributed by atoms with Crippen molar-refractivity contribution >= 4 is 22.0 Å². The van der Waals surface area contributed by atoms with Gasteiger partial charge in [0.15, 0.2) is 0 Å². The number of benzene rings is 1. The maximum absolute atomic E-state index is 11.6. The Morgan fingerprint density at radius 2 is 1.78 bits per heavy atom. The summed E-state index contributed by atoms with van der Waals surface area (Å²) in [5.41, 5.74) is 0.194. The van der Waals surface area contributed by atoms with E-state index in [0.29, 0.717) is 0 Å². The van der Waals surface area contributed by atoms with Crippen molar-refractivity contribution < 1.29 is 27.7 Å². The van der Waals surface area contributed by atoms with Crippen LogP contribution in [0.15, 0.2) is 30.3 Å². The van der Waals surface area contributed by atoms with E-state index in [1.165, 1.54) is 12.1 Å². The van der Waals surface area contributed by atoms with Crippen molar-refractivity contribution in [1.29, 1.82) is 0 Å². The van der Waals surface area contributed by atoms with Crippen LogP contribution in [0.25, 0.3) is 0 Å². The molecule has 0 heterocycles. The summed E-state index contributed by atoms with van der Waals surface area (Å²) in [6.45, 7) is 0. The van der Waals surface area contributed by atoms with E-state index < -0.39 is 33.8 Å². The number of carbonyl (C=O) groups excluding carboxylic acids is 1. The zero-order valence-electron chi connectivity index (χ0n) is 9.11. The molecule has 0 saturated heterocycles. The zero-order chi connectivity index (χ0) is 13.8. The number of hydrogen-bond acceptors (Lipinski definition) is 4. The highest BCUT2D eigenvalue weighted by Gasteiger charge is 2.25. The molecule has 0 aliphatic heterocycles. The smallest absolute Gasteiger partial charge is 0.327 e. The fourth-order valence-electron chi connectivity index (χ4n) is 1.22. The van der Waals surface area contributed by atoms with Gasteiger partial charge in [0.05, 0.1) is 0 Å². The zero-order valence-corrected chi connectivity index (χ0v) is 9.92. The number of nitrogens with one attached hydrogen (secondary N) is 1. The number of carboxylic acids is 1. The van der Waals surface area contributed by atoms with Gasteiger partial charge in [-0.05, 0) is 12.1 Å². The van der Waals surface area contributed by atoms with Gasteiger partial charge in [0, 0.05) is 5.56 Å². The van der Waals surface area contributed by atoms with E-state index in [1.54, 1.807) is 18.2 Å². The molecule has 0 aromatic heterocycles. The van der Waals surface area contributed by atoms with Gasteiger partial charge in [-0.1, -0.05) is 18.2 Å². The molecule has 3 N–H and O–H groups in total. The molecular weight excluding hydrogens is 262 g/mol. The summed E-state index contributed by atoms with van der Waals surface area (Å²) in [6.07, 6.45) is 0.